The second-order valence-corrected chi connectivity index (χ2v) is 7.26. The molecule has 3 aromatic rings. The van der Waals surface area contributed by atoms with Crippen LogP contribution in [0.1, 0.15) is 22.8 Å². The number of nitrogens with one attached hydrogen (secondary N) is 2. The zero-order chi connectivity index (χ0) is 17.5. The molecular formula is C16H18N4O3S. The van der Waals surface area contributed by atoms with Crippen LogP contribution in [-0.4, -0.2) is 23.8 Å². The molecule has 0 bridgehead atoms. The summed E-state index contributed by atoms with van der Waals surface area (Å²) in [7, 11) is -3.69. The third-order valence-electron chi connectivity index (χ3n) is 3.79. The lowest BCUT2D eigenvalue weighted by Crippen LogP contribution is -2.14. The van der Waals surface area contributed by atoms with Crippen LogP contribution in [0.25, 0.3) is 11.1 Å². The van der Waals surface area contributed by atoms with Gasteiger partial charge in [0.15, 0.2) is 0 Å². The molecule has 2 heterocycles. The molecule has 0 spiro atoms. The fraction of sp³-hybridized carbons (Fsp3) is 0.250. The van der Waals surface area contributed by atoms with E-state index in [0.717, 1.165) is 22.6 Å². The summed E-state index contributed by atoms with van der Waals surface area (Å²) in [6.45, 7) is 7.04. The topological polar surface area (TPSA) is 101 Å². The number of sulfonamides is 1. The van der Waals surface area contributed by atoms with Gasteiger partial charge < -0.3 is 4.52 Å². The molecule has 0 unspecified atom stereocenters. The zero-order valence-corrected chi connectivity index (χ0v) is 14.7. The summed E-state index contributed by atoms with van der Waals surface area (Å²) in [5.41, 5.74) is 4.06. The SMILES string of the molecule is Cc1noc(C)c1-c1ccc(NS(=O)(=O)c2c(C)n[nH]c2C)cc1. The van der Waals surface area contributed by atoms with Gasteiger partial charge in [-0.05, 0) is 45.4 Å². The van der Waals surface area contributed by atoms with E-state index < -0.39 is 10.0 Å². The number of aromatic nitrogens is 3. The molecule has 2 N–H and O–H groups in total. The predicted molar refractivity (Wildman–Crippen MR) is 90.3 cm³/mol. The first kappa shape index (κ1) is 16.3. The summed E-state index contributed by atoms with van der Waals surface area (Å²) in [5.74, 6) is 0.727. The lowest BCUT2D eigenvalue weighted by Gasteiger charge is -2.09. The molecule has 0 aliphatic heterocycles. The van der Waals surface area contributed by atoms with Gasteiger partial charge in [0.1, 0.15) is 10.7 Å². The molecule has 0 saturated heterocycles. The van der Waals surface area contributed by atoms with Crippen molar-refractivity contribution in [1.82, 2.24) is 15.4 Å². The summed E-state index contributed by atoms with van der Waals surface area (Å²) in [6, 6.07) is 7.09. The van der Waals surface area contributed by atoms with Gasteiger partial charge in [-0.2, -0.15) is 5.10 Å². The van der Waals surface area contributed by atoms with Crippen molar-refractivity contribution in [2.45, 2.75) is 32.6 Å². The highest BCUT2D eigenvalue weighted by Gasteiger charge is 2.22. The van der Waals surface area contributed by atoms with Crippen molar-refractivity contribution >= 4 is 15.7 Å². The van der Waals surface area contributed by atoms with Gasteiger partial charge in [0.05, 0.1) is 17.1 Å². The van der Waals surface area contributed by atoms with Crippen molar-refractivity contribution in [2.75, 3.05) is 4.72 Å². The van der Waals surface area contributed by atoms with Crippen molar-refractivity contribution in [1.29, 1.82) is 0 Å². The number of benzene rings is 1. The normalized spacial score (nSPS) is 11.7. The number of H-pyrrole nitrogens is 1. The Morgan fingerprint density at radius 1 is 1.04 bits per heavy atom. The quantitative estimate of drug-likeness (QED) is 0.756. The minimum atomic E-state index is -3.69. The zero-order valence-electron chi connectivity index (χ0n) is 13.8. The number of hydrogen-bond acceptors (Lipinski definition) is 5. The Morgan fingerprint density at radius 3 is 2.21 bits per heavy atom. The van der Waals surface area contributed by atoms with E-state index >= 15 is 0 Å². The van der Waals surface area contributed by atoms with Crippen LogP contribution in [0.3, 0.4) is 0 Å². The molecule has 3 rings (SSSR count). The van der Waals surface area contributed by atoms with Crippen LogP contribution in [0.2, 0.25) is 0 Å². The van der Waals surface area contributed by atoms with Crippen LogP contribution in [0.4, 0.5) is 5.69 Å². The van der Waals surface area contributed by atoms with E-state index in [1.54, 1.807) is 26.0 Å². The molecule has 1 aromatic carbocycles. The molecule has 0 aliphatic carbocycles. The molecule has 126 valence electrons. The predicted octanol–water partition coefficient (Wildman–Crippen LogP) is 3.10. The fourth-order valence-corrected chi connectivity index (χ4v) is 4.17. The average Bonchev–Trinajstić information content (AvgIpc) is 3.02. The van der Waals surface area contributed by atoms with Crippen molar-refractivity contribution in [2.24, 2.45) is 0 Å². The Labute approximate surface area is 140 Å². The van der Waals surface area contributed by atoms with Gasteiger partial charge in [-0.25, -0.2) is 8.42 Å². The minimum absolute atomic E-state index is 0.178. The van der Waals surface area contributed by atoms with E-state index in [4.69, 9.17) is 4.52 Å². The number of rotatable bonds is 4. The highest BCUT2D eigenvalue weighted by Crippen LogP contribution is 2.28. The largest absolute Gasteiger partial charge is 0.361 e. The Bertz CT molecular complexity index is 946. The van der Waals surface area contributed by atoms with E-state index in [1.165, 1.54) is 0 Å². The maximum Gasteiger partial charge on any atom is 0.265 e. The first-order valence-corrected chi connectivity index (χ1v) is 8.85. The van der Waals surface area contributed by atoms with Crippen LogP contribution in [0.15, 0.2) is 33.7 Å². The van der Waals surface area contributed by atoms with Crippen molar-refractivity contribution in [3.05, 3.63) is 47.1 Å². The number of aromatic amines is 1. The second kappa shape index (κ2) is 5.79. The highest BCUT2D eigenvalue weighted by atomic mass is 32.2. The lowest BCUT2D eigenvalue weighted by molar-refractivity contribution is 0.393. The third-order valence-corrected chi connectivity index (χ3v) is 5.43. The van der Waals surface area contributed by atoms with Gasteiger partial charge in [-0.3, -0.25) is 9.82 Å². The van der Waals surface area contributed by atoms with Crippen LogP contribution in [-0.2, 0) is 10.0 Å². The van der Waals surface area contributed by atoms with Gasteiger partial charge in [0.25, 0.3) is 10.0 Å². The van der Waals surface area contributed by atoms with Crippen molar-refractivity contribution in [3.8, 4) is 11.1 Å². The maximum absolute atomic E-state index is 12.5. The number of hydrogen-bond donors (Lipinski definition) is 2. The molecule has 0 atom stereocenters. The number of aryl methyl sites for hydroxylation is 4. The van der Waals surface area contributed by atoms with Crippen LogP contribution in [0.5, 0.6) is 0 Å². The summed E-state index contributed by atoms with van der Waals surface area (Å²) in [5, 5.41) is 10.5. The molecule has 0 radical (unpaired) electrons. The van der Waals surface area contributed by atoms with Crippen LogP contribution < -0.4 is 4.72 Å². The van der Waals surface area contributed by atoms with Crippen LogP contribution >= 0.6 is 0 Å². The molecule has 0 saturated carbocycles. The van der Waals surface area contributed by atoms with Gasteiger partial charge in [0.2, 0.25) is 0 Å². The smallest absolute Gasteiger partial charge is 0.265 e. The Hall–Kier alpha value is -2.61. The Kier molecular flexibility index (Phi) is 3.92. The number of anilines is 1. The molecule has 0 aliphatic rings. The van der Waals surface area contributed by atoms with E-state index in [-0.39, 0.29) is 4.90 Å². The summed E-state index contributed by atoms with van der Waals surface area (Å²) < 4.78 is 32.8. The highest BCUT2D eigenvalue weighted by molar-refractivity contribution is 7.92. The van der Waals surface area contributed by atoms with Gasteiger partial charge >= 0.3 is 0 Å². The fourth-order valence-electron chi connectivity index (χ4n) is 2.74. The first-order chi connectivity index (χ1) is 11.3. The average molecular weight is 346 g/mol. The number of nitrogens with zero attached hydrogens (tertiary/aromatic N) is 2. The van der Waals surface area contributed by atoms with Crippen molar-refractivity contribution in [3.63, 3.8) is 0 Å². The van der Waals surface area contributed by atoms with E-state index in [9.17, 15) is 8.42 Å². The first-order valence-electron chi connectivity index (χ1n) is 7.37. The maximum atomic E-state index is 12.5. The minimum Gasteiger partial charge on any atom is -0.361 e. The van der Waals surface area contributed by atoms with E-state index in [2.05, 4.69) is 20.1 Å². The summed E-state index contributed by atoms with van der Waals surface area (Å²) in [4.78, 5) is 0.178. The van der Waals surface area contributed by atoms with E-state index in [1.807, 2.05) is 26.0 Å². The Balaban J connectivity index is 1.90. The summed E-state index contributed by atoms with van der Waals surface area (Å²) in [6.07, 6.45) is 0. The molecule has 8 heteroatoms. The molecule has 0 fully saturated rings. The van der Waals surface area contributed by atoms with Crippen LogP contribution in [0, 0.1) is 27.7 Å². The van der Waals surface area contributed by atoms with E-state index in [0.29, 0.717) is 17.1 Å². The van der Waals surface area contributed by atoms with Crippen molar-refractivity contribution < 1.29 is 12.9 Å². The van der Waals surface area contributed by atoms with Gasteiger partial charge in [-0.15, -0.1) is 0 Å². The monoisotopic (exact) mass is 346 g/mol. The second-order valence-electron chi connectivity index (χ2n) is 5.65. The van der Waals surface area contributed by atoms with Gasteiger partial charge in [0, 0.05) is 11.3 Å². The Morgan fingerprint density at radius 2 is 1.71 bits per heavy atom. The third kappa shape index (κ3) is 2.80. The molecule has 7 nitrogen and oxygen atoms in total. The van der Waals surface area contributed by atoms with Gasteiger partial charge in [-0.1, -0.05) is 17.3 Å². The lowest BCUT2D eigenvalue weighted by atomic mass is 10.0. The molecule has 24 heavy (non-hydrogen) atoms. The summed E-state index contributed by atoms with van der Waals surface area (Å²) >= 11 is 0. The standard InChI is InChI=1S/C16H18N4O3S/c1-9-15(12(4)23-19-9)13-5-7-14(8-6-13)20-24(21,22)16-10(2)17-18-11(16)3/h5-8,20H,1-4H3,(H,17,18). The molecular weight excluding hydrogens is 328 g/mol. The molecule has 2 aromatic heterocycles. The molecule has 0 amide bonds.